The Bertz CT molecular complexity index is 933. The number of hydrogen-bond donors (Lipinski definition) is 2. The molecule has 3 amide bonds. The Labute approximate surface area is 158 Å². The Morgan fingerprint density at radius 3 is 2.82 bits per heavy atom. The molecule has 0 spiro atoms. The highest BCUT2D eigenvalue weighted by Crippen LogP contribution is 2.21. The summed E-state index contributed by atoms with van der Waals surface area (Å²) >= 11 is 0. The summed E-state index contributed by atoms with van der Waals surface area (Å²) in [6.45, 7) is 0.184. The lowest BCUT2D eigenvalue weighted by atomic mass is 10.0. The Morgan fingerprint density at radius 2 is 2.07 bits per heavy atom. The topological polar surface area (TPSA) is 98.4 Å². The minimum Gasteiger partial charge on any atom is -0.348 e. The Hall–Kier alpha value is -3.30. The van der Waals surface area contributed by atoms with E-state index in [1.54, 1.807) is 6.20 Å². The van der Waals surface area contributed by atoms with Crippen molar-refractivity contribution in [1.82, 2.24) is 25.1 Å². The van der Waals surface area contributed by atoms with E-state index in [0.29, 0.717) is 5.69 Å². The highest BCUT2D eigenvalue weighted by atomic mass is 19.2. The molecular weight excluding hydrogens is 372 g/mol. The number of nitrogens with zero attached hydrogens (tertiary/aromatic N) is 3. The number of piperazine rings is 2. The molecule has 2 fully saturated rings. The average molecular weight is 389 g/mol. The standard InChI is InChI=1S/C18H17F2N5O3/c19-12-3-1-2-11(15(12)20)17(27)24-4-5-25-14(8-24)16(26)23-13(18(25)28)6-10-7-21-9-22-10/h1-3,7,9,13-14H,4-6,8H2,(H,21,22)(H,23,26)/t13-,14+/m0/s1. The summed E-state index contributed by atoms with van der Waals surface area (Å²) in [6, 6.07) is 1.79. The van der Waals surface area contributed by atoms with Crippen LogP contribution in [-0.4, -0.2) is 69.2 Å². The predicted molar refractivity (Wildman–Crippen MR) is 92.0 cm³/mol. The maximum absolute atomic E-state index is 13.9. The van der Waals surface area contributed by atoms with Gasteiger partial charge in [-0.25, -0.2) is 13.8 Å². The summed E-state index contributed by atoms with van der Waals surface area (Å²) in [5.74, 6) is -3.68. The van der Waals surface area contributed by atoms with Crippen LogP contribution in [0, 0.1) is 11.6 Å². The maximum Gasteiger partial charge on any atom is 0.257 e. The second-order valence-corrected chi connectivity index (χ2v) is 6.74. The number of rotatable bonds is 3. The van der Waals surface area contributed by atoms with Crippen LogP contribution in [0.4, 0.5) is 8.78 Å². The molecule has 1 aromatic heterocycles. The fourth-order valence-electron chi connectivity index (χ4n) is 3.58. The zero-order chi connectivity index (χ0) is 19.8. The molecule has 146 valence electrons. The highest BCUT2D eigenvalue weighted by Gasteiger charge is 2.44. The number of hydrogen-bond acceptors (Lipinski definition) is 4. The van der Waals surface area contributed by atoms with Crippen LogP contribution in [0.2, 0.25) is 0 Å². The average Bonchev–Trinajstić information content (AvgIpc) is 3.20. The van der Waals surface area contributed by atoms with Crippen molar-refractivity contribution in [2.45, 2.75) is 18.5 Å². The van der Waals surface area contributed by atoms with E-state index in [1.807, 2.05) is 0 Å². The molecule has 3 heterocycles. The van der Waals surface area contributed by atoms with Crippen LogP contribution in [0.15, 0.2) is 30.7 Å². The zero-order valence-corrected chi connectivity index (χ0v) is 14.7. The van der Waals surface area contributed by atoms with Crippen molar-refractivity contribution in [3.63, 3.8) is 0 Å². The first kappa shape index (κ1) is 18.1. The van der Waals surface area contributed by atoms with Crippen LogP contribution < -0.4 is 5.32 Å². The molecule has 0 saturated carbocycles. The van der Waals surface area contributed by atoms with E-state index in [-0.39, 0.29) is 37.9 Å². The van der Waals surface area contributed by atoms with Gasteiger partial charge in [0.15, 0.2) is 11.6 Å². The fourth-order valence-corrected chi connectivity index (χ4v) is 3.58. The minimum absolute atomic E-state index is 0.0802. The van der Waals surface area contributed by atoms with Gasteiger partial charge in [-0.3, -0.25) is 14.4 Å². The van der Waals surface area contributed by atoms with Gasteiger partial charge in [0.2, 0.25) is 11.8 Å². The molecule has 2 N–H and O–H groups in total. The molecule has 0 unspecified atom stereocenters. The first-order valence-corrected chi connectivity index (χ1v) is 8.77. The zero-order valence-electron chi connectivity index (χ0n) is 14.7. The van der Waals surface area contributed by atoms with E-state index in [0.717, 1.165) is 6.07 Å². The molecule has 0 radical (unpaired) electrons. The van der Waals surface area contributed by atoms with Crippen LogP contribution in [0.25, 0.3) is 0 Å². The summed E-state index contributed by atoms with van der Waals surface area (Å²) in [5.41, 5.74) is 0.320. The summed E-state index contributed by atoms with van der Waals surface area (Å²) in [6.07, 6.45) is 3.35. The number of halogens is 2. The molecule has 2 aliphatic heterocycles. The van der Waals surface area contributed by atoms with Crippen LogP contribution in [-0.2, 0) is 16.0 Å². The van der Waals surface area contributed by atoms with E-state index < -0.39 is 35.2 Å². The number of carbonyl (C=O) groups is 3. The molecule has 0 bridgehead atoms. The third-order valence-electron chi connectivity index (χ3n) is 5.03. The molecule has 2 aliphatic rings. The van der Waals surface area contributed by atoms with Crippen molar-refractivity contribution in [2.24, 2.45) is 0 Å². The van der Waals surface area contributed by atoms with Crippen LogP contribution in [0.5, 0.6) is 0 Å². The molecule has 2 aromatic rings. The molecule has 2 saturated heterocycles. The van der Waals surface area contributed by atoms with Crippen LogP contribution in [0.3, 0.4) is 0 Å². The number of benzene rings is 1. The lowest BCUT2D eigenvalue weighted by Gasteiger charge is -2.45. The second-order valence-electron chi connectivity index (χ2n) is 6.74. The van der Waals surface area contributed by atoms with Gasteiger partial charge in [-0.15, -0.1) is 0 Å². The summed E-state index contributed by atoms with van der Waals surface area (Å²) in [5, 5.41) is 2.67. The van der Waals surface area contributed by atoms with E-state index >= 15 is 0 Å². The lowest BCUT2D eigenvalue weighted by Crippen LogP contribution is -2.70. The van der Waals surface area contributed by atoms with E-state index in [4.69, 9.17) is 0 Å². The summed E-state index contributed by atoms with van der Waals surface area (Å²) in [7, 11) is 0. The molecule has 2 atom stereocenters. The first-order valence-electron chi connectivity index (χ1n) is 8.77. The number of H-pyrrole nitrogens is 1. The van der Waals surface area contributed by atoms with Gasteiger partial charge in [-0.1, -0.05) is 6.07 Å². The van der Waals surface area contributed by atoms with Crippen LogP contribution >= 0.6 is 0 Å². The van der Waals surface area contributed by atoms with Crippen molar-refractivity contribution >= 4 is 17.7 Å². The molecule has 4 rings (SSSR count). The number of nitrogens with one attached hydrogen (secondary N) is 2. The highest BCUT2D eigenvalue weighted by molar-refractivity contribution is 5.99. The van der Waals surface area contributed by atoms with Crippen molar-refractivity contribution in [1.29, 1.82) is 0 Å². The van der Waals surface area contributed by atoms with E-state index in [9.17, 15) is 23.2 Å². The van der Waals surface area contributed by atoms with Gasteiger partial charge in [-0.2, -0.15) is 0 Å². The van der Waals surface area contributed by atoms with Gasteiger partial charge in [0, 0.05) is 31.4 Å². The van der Waals surface area contributed by atoms with Gasteiger partial charge >= 0.3 is 0 Å². The first-order chi connectivity index (χ1) is 13.5. The van der Waals surface area contributed by atoms with E-state index in [1.165, 1.54) is 28.3 Å². The normalized spacial score (nSPS) is 22.1. The van der Waals surface area contributed by atoms with Gasteiger partial charge in [0.25, 0.3) is 5.91 Å². The number of imidazole rings is 1. The van der Waals surface area contributed by atoms with Gasteiger partial charge in [0.05, 0.1) is 18.4 Å². The lowest BCUT2D eigenvalue weighted by molar-refractivity contribution is -0.152. The molecular formula is C18H17F2N5O3. The number of carbonyl (C=O) groups excluding carboxylic acids is 3. The van der Waals surface area contributed by atoms with Crippen molar-refractivity contribution in [3.05, 3.63) is 53.6 Å². The van der Waals surface area contributed by atoms with Crippen molar-refractivity contribution in [2.75, 3.05) is 19.6 Å². The smallest absolute Gasteiger partial charge is 0.257 e. The SMILES string of the molecule is O=C1N[C@@H](Cc2cnc[nH]2)C(=O)N2CCN(C(=O)c3cccc(F)c3F)C[C@H]12. The second kappa shape index (κ2) is 7.02. The maximum atomic E-state index is 13.9. The number of fused-ring (bicyclic) bond motifs is 1. The van der Waals surface area contributed by atoms with Crippen molar-refractivity contribution < 1.29 is 23.2 Å². The fraction of sp³-hybridized carbons (Fsp3) is 0.333. The van der Waals surface area contributed by atoms with Gasteiger partial charge < -0.3 is 20.1 Å². The van der Waals surface area contributed by atoms with E-state index in [2.05, 4.69) is 15.3 Å². The molecule has 10 heteroatoms. The van der Waals surface area contributed by atoms with Gasteiger partial charge in [0.1, 0.15) is 12.1 Å². The number of aromatic amines is 1. The third-order valence-corrected chi connectivity index (χ3v) is 5.03. The monoisotopic (exact) mass is 389 g/mol. The minimum atomic E-state index is -1.22. The number of aromatic nitrogens is 2. The summed E-state index contributed by atoms with van der Waals surface area (Å²) in [4.78, 5) is 47.3. The quantitative estimate of drug-likeness (QED) is 0.777. The van der Waals surface area contributed by atoms with Crippen molar-refractivity contribution in [3.8, 4) is 0 Å². The molecule has 8 nitrogen and oxygen atoms in total. The third kappa shape index (κ3) is 3.10. The Morgan fingerprint density at radius 1 is 1.25 bits per heavy atom. The van der Waals surface area contributed by atoms with Crippen LogP contribution in [0.1, 0.15) is 16.1 Å². The predicted octanol–water partition coefficient (Wildman–Crippen LogP) is 0.0820. The Kier molecular flexibility index (Phi) is 4.54. The van der Waals surface area contributed by atoms with Gasteiger partial charge in [-0.05, 0) is 12.1 Å². The largest absolute Gasteiger partial charge is 0.348 e. The number of amides is 3. The molecule has 0 aliphatic carbocycles. The molecule has 1 aromatic carbocycles. The summed E-state index contributed by atoms with van der Waals surface area (Å²) < 4.78 is 27.4. The molecule has 28 heavy (non-hydrogen) atoms. The Balaban J connectivity index is 1.49.